The summed E-state index contributed by atoms with van der Waals surface area (Å²) >= 11 is 0. The van der Waals surface area contributed by atoms with E-state index in [1.807, 2.05) is 0 Å². The van der Waals surface area contributed by atoms with E-state index in [1.54, 1.807) is 25.1 Å². The summed E-state index contributed by atoms with van der Waals surface area (Å²) < 4.78 is 33.4. The van der Waals surface area contributed by atoms with Crippen molar-refractivity contribution >= 4 is 13.6 Å². The monoisotopic (exact) mass is 355 g/mol. The van der Waals surface area contributed by atoms with E-state index in [-0.39, 0.29) is 5.56 Å². The van der Waals surface area contributed by atoms with E-state index in [4.69, 9.17) is 18.7 Å². The molecule has 24 heavy (non-hydrogen) atoms. The molecule has 1 aromatic rings. The molecule has 0 radical (unpaired) electrons. The highest BCUT2D eigenvalue weighted by Crippen LogP contribution is 2.38. The van der Waals surface area contributed by atoms with Crippen molar-refractivity contribution < 1.29 is 28.1 Å². The van der Waals surface area contributed by atoms with Crippen molar-refractivity contribution in [2.75, 3.05) is 20.8 Å². The van der Waals surface area contributed by atoms with Crippen molar-refractivity contribution in [2.45, 2.75) is 38.9 Å². The van der Waals surface area contributed by atoms with Crippen LogP contribution in [0.5, 0.6) is 11.5 Å². The molecule has 2 atom stereocenters. The molecule has 0 aliphatic heterocycles. The first kappa shape index (κ1) is 18.8. The smallest absolute Gasteiger partial charge is 0.496 e. The number of carbonyl (C=O) groups excluding carboxylic acids is 1. The molecule has 1 saturated carbocycles. The maximum Gasteiger partial charge on any atom is 0.596 e. The Balaban J connectivity index is 1.97. The molecule has 1 aromatic carbocycles. The summed E-state index contributed by atoms with van der Waals surface area (Å²) in [6, 6.07) is 4.91. The zero-order chi connectivity index (χ0) is 17.5. The van der Waals surface area contributed by atoms with Gasteiger partial charge in [0, 0.05) is 0 Å². The second-order valence-corrected chi connectivity index (χ2v) is 6.89. The Morgan fingerprint density at radius 2 is 1.79 bits per heavy atom. The van der Waals surface area contributed by atoms with Crippen LogP contribution in [0.3, 0.4) is 0 Å². The molecule has 1 aliphatic carbocycles. The minimum Gasteiger partial charge on any atom is -0.496 e. The lowest BCUT2D eigenvalue weighted by Crippen LogP contribution is -2.16. The fraction of sp³-hybridized carbons (Fsp3) is 0.588. The Hall–Kier alpha value is -1.49. The standard InChI is InChI=1S/C17H24O6P/c1-12(22-11-13-7-4-5-8-13)23-24(19)17(18)16-14(20-2)9-6-10-15(16)21-3/h6,9-10,12-13H,4-5,7-8,11H2,1-3H3/q+1. The van der Waals surface area contributed by atoms with E-state index in [9.17, 15) is 9.36 Å². The molecule has 0 N–H and O–H groups in total. The van der Waals surface area contributed by atoms with Crippen molar-refractivity contribution in [3.63, 3.8) is 0 Å². The third-order valence-corrected chi connectivity index (χ3v) is 5.14. The molecule has 0 saturated heterocycles. The summed E-state index contributed by atoms with van der Waals surface area (Å²) in [5.74, 6) is 1.12. The molecule has 2 rings (SSSR count). The van der Waals surface area contributed by atoms with E-state index >= 15 is 0 Å². The number of carbonyl (C=O) groups is 1. The average molecular weight is 355 g/mol. The summed E-state index contributed by atoms with van der Waals surface area (Å²) in [5, 5.41) is 0. The summed E-state index contributed by atoms with van der Waals surface area (Å²) in [5.41, 5.74) is -0.553. The molecule has 2 unspecified atom stereocenters. The highest BCUT2D eigenvalue weighted by Gasteiger charge is 2.39. The largest absolute Gasteiger partial charge is 0.596 e. The van der Waals surface area contributed by atoms with Gasteiger partial charge in [0.05, 0.1) is 20.8 Å². The number of ether oxygens (including phenoxy) is 3. The molecule has 0 amide bonds. The molecule has 7 heteroatoms. The first-order valence-electron chi connectivity index (χ1n) is 8.07. The molecule has 0 aromatic heterocycles. The highest BCUT2D eigenvalue weighted by molar-refractivity contribution is 7.60. The molecule has 0 heterocycles. The van der Waals surface area contributed by atoms with Gasteiger partial charge in [-0.05, 0) is 42.4 Å². The Morgan fingerprint density at radius 3 is 2.33 bits per heavy atom. The number of methoxy groups -OCH3 is 2. The van der Waals surface area contributed by atoms with Gasteiger partial charge in [-0.3, -0.25) is 0 Å². The topological polar surface area (TPSA) is 71.1 Å². The van der Waals surface area contributed by atoms with Crippen LogP contribution in [0.15, 0.2) is 18.2 Å². The molecular weight excluding hydrogens is 331 g/mol. The van der Waals surface area contributed by atoms with E-state index in [2.05, 4.69) is 0 Å². The van der Waals surface area contributed by atoms with Gasteiger partial charge in [0.2, 0.25) is 6.29 Å². The third-order valence-electron chi connectivity index (χ3n) is 4.09. The Labute approximate surface area is 143 Å². The van der Waals surface area contributed by atoms with E-state index < -0.39 is 19.8 Å². The maximum absolute atomic E-state index is 12.5. The van der Waals surface area contributed by atoms with E-state index in [1.165, 1.54) is 27.1 Å². The average Bonchev–Trinajstić information content (AvgIpc) is 3.11. The minimum absolute atomic E-state index is 0.117. The molecule has 0 bridgehead atoms. The second kappa shape index (κ2) is 9.11. The highest BCUT2D eigenvalue weighted by atomic mass is 31.1. The van der Waals surface area contributed by atoms with Gasteiger partial charge < -0.3 is 14.2 Å². The van der Waals surface area contributed by atoms with Gasteiger partial charge in [-0.15, -0.1) is 4.52 Å². The van der Waals surface area contributed by atoms with Crippen LogP contribution in [0.25, 0.3) is 0 Å². The normalized spacial score (nSPS) is 16.7. The predicted molar refractivity (Wildman–Crippen MR) is 89.9 cm³/mol. The van der Waals surface area contributed by atoms with Crippen LogP contribution < -0.4 is 9.47 Å². The van der Waals surface area contributed by atoms with Crippen LogP contribution in [-0.2, 0) is 13.8 Å². The molecule has 0 spiro atoms. The van der Waals surface area contributed by atoms with Crippen molar-refractivity contribution in [1.29, 1.82) is 0 Å². The maximum atomic E-state index is 12.5. The van der Waals surface area contributed by atoms with Gasteiger partial charge in [0.1, 0.15) is 11.5 Å². The lowest BCUT2D eigenvalue weighted by atomic mass is 10.1. The van der Waals surface area contributed by atoms with Crippen LogP contribution in [0.1, 0.15) is 43.0 Å². The fourth-order valence-corrected chi connectivity index (χ4v) is 3.64. The summed E-state index contributed by atoms with van der Waals surface area (Å²) in [4.78, 5) is 12.5. The Kier molecular flexibility index (Phi) is 7.16. The minimum atomic E-state index is -2.60. The van der Waals surface area contributed by atoms with Gasteiger partial charge in [0.25, 0.3) is 0 Å². The molecule has 1 fully saturated rings. The Morgan fingerprint density at radius 1 is 1.21 bits per heavy atom. The molecular formula is C17H24O6P+. The van der Waals surface area contributed by atoms with Crippen LogP contribution in [0.4, 0.5) is 0 Å². The lowest BCUT2D eigenvalue weighted by molar-refractivity contribution is -0.0736. The summed E-state index contributed by atoms with van der Waals surface area (Å²) in [6.45, 7) is 2.21. The van der Waals surface area contributed by atoms with Crippen molar-refractivity contribution in [2.24, 2.45) is 5.92 Å². The molecule has 6 nitrogen and oxygen atoms in total. The SMILES string of the molecule is COc1cccc(OC)c1C(=O)[P+](=O)OC(C)OCC1CCCC1. The number of hydrogen-bond donors (Lipinski definition) is 0. The lowest BCUT2D eigenvalue weighted by Gasteiger charge is -2.12. The van der Waals surface area contributed by atoms with Gasteiger partial charge in [-0.1, -0.05) is 18.9 Å². The predicted octanol–water partition coefficient (Wildman–Crippen LogP) is 4.16. The van der Waals surface area contributed by atoms with Gasteiger partial charge in [-0.25, -0.2) is 4.79 Å². The second-order valence-electron chi connectivity index (χ2n) is 5.76. The Bertz CT molecular complexity index is 560. The van der Waals surface area contributed by atoms with Crippen molar-refractivity contribution in [3.05, 3.63) is 23.8 Å². The zero-order valence-electron chi connectivity index (χ0n) is 14.3. The van der Waals surface area contributed by atoms with Crippen molar-refractivity contribution in [1.82, 2.24) is 0 Å². The third kappa shape index (κ3) is 4.76. The zero-order valence-corrected chi connectivity index (χ0v) is 15.2. The number of rotatable bonds is 9. The van der Waals surface area contributed by atoms with Crippen molar-refractivity contribution in [3.8, 4) is 11.5 Å². The fourth-order valence-electron chi connectivity index (χ4n) is 2.82. The van der Waals surface area contributed by atoms with Crippen LogP contribution in [-0.4, -0.2) is 32.6 Å². The number of benzene rings is 1. The van der Waals surface area contributed by atoms with Gasteiger partial charge in [0.15, 0.2) is 5.56 Å². The van der Waals surface area contributed by atoms with Gasteiger partial charge >= 0.3 is 13.6 Å². The van der Waals surface area contributed by atoms with E-state index in [0.717, 1.165) is 12.8 Å². The first-order valence-corrected chi connectivity index (χ1v) is 9.25. The number of hydrogen-bond acceptors (Lipinski definition) is 6. The first-order chi connectivity index (χ1) is 11.6. The van der Waals surface area contributed by atoms with Crippen LogP contribution in [0, 0.1) is 5.92 Å². The summed E-state index contributed by atoms with van der Waals surface area (Å²) in [7, 11) is 0.276. The molecule has 1 aliphatic rings. The van der Waals surface area contributed by atoms with Crippen LogP contribution >= 0.6 is 8.03 Å². The van der Waals surface area contributed by atoms with Gasteiger partial charge in [-0.2, -0.15) is 0 Å². The quantitative estimate of drug-likeness (QED) is 0.489. The van der Waals surface area contributed by atoms with E-state index in [0.29, 0.717) is 24.0 Å². The molecule has 132 valence electrons. The van der Waals surface area contributed by atoms with Crippen LogP contribution in [0.2, 0.25) is 0 Å². The summed E-state index contributed by atoms with van der Waals surface area (Å²) in [6.07, 6.45) is 4.04.